The molecule has 2 aliphatic heterocycles. The van der Waals surface area contributed by atoms with Gasteiger partial charge in [-0.25, -0.2) is 8.61 Å². The van der Waals surface area contributed by atoms with E-state index in [2.05, 4.69) is 11.8 Å². The number of fused-ring (bicyclic) bond motifs is 1. The van der Waals surface area contributed by atoms with Gasteiger partial charge in [-0.3, -0.25) is 0 Å². The monoisotopic (exact) mass is 428 g/mol. The van der Waals surface area contributed by atoms with Crippen LogP contribution in [0.1, 0.15) is 32.6 Å². The van der Waals surface area contributed by atoms with Crippen molar-refractivity contribution >= 4 is 27.3 Å². The third kappa shape index (κ3) is 4.06. The van der Waals surface area contributed by atoms with Gasteiger partial charge in [0, 0.05) is 25.7 Å². The van der Waals surface area contributed by atoms with Crippen LogP contribution in [0.25, 0.3) is 0 Å². The molecule has 2 heterocycles. The highest BCUT2D eigenvalue weighted by Gasteiger charge is 2.41. The van der Waals surface area contributed by atoms with Crippen molar-refractivity contribution in [2.24, 2.45) is 11.7 Å². The van der Waals surface area contributed by atoms with Crippen LogP contribution in [0.5, 0.6) is 0 Å². The number of anilines is 3. The summed E-state index contributed by atoms with van der Waals surface area (Å²) in [5, 5.41) is 0. The van der Waals surface area contributed by atoms with Crippen molar-refractivity contribution < 1.29 is 8.42 Å². The molecule has 1 saturated heterocycles. The minimum absolute atomic E-state index is 0.250. The van der Waals surface area contributed by atoms with E-state index < -0.39 is 10.2 Å². The molecule has 4 rings (SSSR count). The number of nitrogens with two attached hydrogens (primary N) is 1. The molecule has 2 aromatic carbocycles. The highest BCUT2D eigenvalue weighted by atomic mass is 32.2. The van der Waals surface area contributed by atoms with Crippen molar-refractivity contribution in [1.29, 1.82) is 0 Å². The van der Waals surface area contributed by atoms with E-state index >= 15 is 0 Å². The highest BCUT2D eigenvalue weighted by molar-refractivity contribution is 7.95. The van der Waals surface area contributed by atoms with Gasteiger partial charge in [-0.1, -0.05) is 50.1 Å². The van der Waals surface area contributed by atoms with Gasteiger partial charge in [-0.05, 0) is 49.6 Å². The minimum Gasteiger partial charge on any atom is -0.327 e. The molecule has 6 nitrogen and oxygen atoms in total. The van der Waals surface area contributed by atoms with Gasteiger partial charge in [-0.2, -0.15) is 8.42 Å². The SMILES string of the molecule is CCCCC(N)C1CCN(CCN2c3ccccc3N(c3ccccc3)S2(=O)=O)C1. The molecular formula is C23H32N4O2S. The molecule has 162 valence electrons. The van der Waals surface area contributed by atoms with E-state index in [1.54, 1.807) is 4.31 Å². The average molecular weight is 429 g/mol. The fourth-order valence-electron chi connectivity index (χ4n) is 4.59. The van der Waals surface area contributed by atoms with Crippen molar-refractivity contribution in [2.75, 3.05) is 34.8 Å². The van der Waals surface area contributed by atoms with E-state index in [0.29, 0.717) is 30.4 Å². The standard InChI is InChI=1S/C23H32N4O2S/c1-2-3-11-21(24)19-14-15-25(18-19)16-17-26-22-12-7-8-13-23(22)27(30(26,28)29)20-9-5-4-6-10-20/h4-10,12-13,19,21H,2-3,11,14-18,24H2,1H3. The third-order valence-corrected chi connectivity index (χ3v) is 8.10. The molecule has 2 N–H and O–H groups in total. The predicted molar refractivity (Wildman–Crippen MR) is 123 cm³/mol. The molecule has 0 aliphatic carbocycles. The van der Waals surface area contributed by atoms with Gasteiger partial charge in [0.15, 0.2) is 0 Å². The van der Waals surface area contributed by atoms with Gasteiger partial charge in [0.1, 0.15) is 0 Å². The molecule has 0 spiro atoms. The van der Waals surface area contributed by atoms with E-state index in [4.69, 9.17) is 5.73 Å². The zero-order chi connectivity index (χ0) is 21.1. The first-order valence-electron chi connectivity index (χ1n) is 11.0. The largest absolute Gasteiger partial charge is 0.331 e. The molecule has 2 aromatic rings. The van der Waals surface area contributed by atoms with Crippen LogP contribution in [0.2, 0.25) is 0 Å². The molecule has 0 amide bonds. The van der Waals surface area contributed by atoms with Gasteiger partial charge in [-0.15, -0.1) is 0 Å². The molecule has 2 atom stereocenters. The van der Waals surface area contributed by atoms with Crippen LogP contribution in [0.15, 0.2) is 54.6 Å². The van der Waals surface area contributed by atoms with Crippen LogP contribution in [0, 0.1) is 5.92 Å². The van der Waals surface area contributed by atoms with Crippen molar-refractivity contribution in [2.45, 2.75) is 38.6 Å². The summed E-state index contributed by atoms with van der Waals surface area (Å²) >= 11 is 0. The van der Waals surface area contributed by atoms with Crippen molar-refractivity contribution in [3.63, 3.8) is 0 Å². The summed E-state index contributed by atoms with van der Waals surface area (Å²) < 4.78 is 29.9. The number of benzene rings is 2. The quantitative estimate of drug-likeness (QED) is 0.696. The Morgan fingerprint density at radius 2 is 1.73 bits per heavy atom. The molecule has 2 aliphatic rings. The van der Waals surface area contributed by atoms with Crippen molar-refractivity contribution in [3.05, 3.63) is 54.6 Å². The number of nitrogens with zero attached hydrogens (tertiary/aromatic N) is 3. The highest BCUT2D eigenvalue weighted by Crippen LogP contribution is 2.44. The summed E-state index contributed by atoms with van der Waals surface area (Å²) in [5.74, 6) is 0.514. The average Bonchev–Trinajstić information content (AvgIpc) is 3.31. The first kappa shape index (κ1) is 21.2. The summed E-state index contributed by atoms with van der Waals surface area (Å²) in [6.45, 7) is 5.30. The fourth-order valence-corrected chi connectivity index (χ4v) is 6.29. The van der Waals surface area contributed by atoms with Crippen LogP contribution in [0.3, 0.4) is 0 Å². The number of para-hydroxylation sites is 3. The lowest BCUT2D eigenvalue weighted by Crippen LogP contribution is -2.40. The molecule has 0 radical (unpaired) electrons. The number of hydrogen-bond donors (Lipinski definition) is 1. The molecule has 1 fully saturated rings. The summed E-state index contributed by atoms with van der Waals surface area (Å²) in [5.41, 5.74) is 8.52. The Hall–Kier alpha value is -2.09. The van der Waals surface area contributed by atoms with E-state index in [9.17, 15) is 8.42 Å². The maximum atomic E-state index is 13.5. The van der Waals surface area contributed by atoms with Crippen LogP contribution in [-0.4, -0.2) is 45.5 Å². The van der Waals surface area contributed by atoms with Crippen LogP contribution in [0.4, 0.5) is 17.1 Å². The predicted octanol–water partition coefficient (Wildman–Crippen LogP) is 3.73. The molecule has 0 saturated carbocycles. The van der Waals surface area contributed by atoms with E-state index in [0.717, 1.165) is 31.6 Å². The molecule has 0 bridgehead atoms. The Balaban J connectivity index is 1.47. The Morgan fingerprint density at radius 1 is 1.03 bits per heavy atom. The molecular weight excluding hydrogens is 396 g/mol. The lowest BCUT2D eigenvalue weighted by atomic mass is 9.95. The number of unbranched alkanes of at least 4 members (excludes halogenated alkanes) is 1. The van der Waals surface area contributed by atoms with Crippen molar-refractivity contribution in [3.8, 4) is 0 Å². The van der Waals surface area contributed by atoms with Crippen molar-refractivity contribution in [1.82, 2.24) is 4.90 Å². The molecule has 0 aromatic heterocycles. The van der Waals surface area contributed by atoms with E-state index in [1.807, 2.05) is 54.6 Å². The minimum atomic E-state index is -3.66. The van der Waals surface area contributed by atoms with E-state index in [-0.39, 0.29) is 6.04 Å². The zero-order valence-corrected chi connectivity index (χ0v) is 18.5. The van der Waals surface area contributed by atoms with Crippen LogP contribution < -0.4 is 14.3 Å². The van der Waals surface area contributed by atoms with E-state index in [1.165, 1.54) is 17.1 Å². The van der Waals surface area contributed by atoms with Gasteiger partial charge >= 0.3 is 10.2 Å². The summed E-state index contributed by atoms with van der Waals surface area (Å²) in [4.78, 5) is 2.36. The molecule has 30 heavy (non-hydrogen) atoms. The smallest absolute Gasteiger partial charge is 0.327 e. The van der Waals surface area contributed by atoms with Gasteiger partial charge in [0.05, 0.1) is 17.1 Å². The van der Waals surface area contributed by atoms with Crippen LogP contribution in [-0.2, 0) is 10.2 Å². The second kappa shape index (κ2) is 8.96. The summed E-state index contributed by atoms with van der Waals surface area (Å²) in [7, 11) is -3.66. The first-order chi connectivity index (χ1) is 14.5. The zero-order valence-electron chi connectivity index (χ0n) is 17.7. The Kier molecular flexibility index (Phi) is 6.32. The summed E-state index contributed by atoms with van der Waals surface area (Å²) in [6.07, 6.45) is 4.53. The summed E-state index contributed by atoms with van der Waals surface area (Å²) in [6, 6.07) is 17.1. The maximum absolute atomic E-state index is 13.5. The molecule has 7 heteroatoms. The van der Waals surface area contributed by atoms with Crippen LogP contribution >= 0.6 is 0 Å². The number of rotatable bonds is 8. The lowest BCUT2D eigenvalue weighted by Gasteiger charge is -2.25. The Morgan fingerprint density at radius 3 is 2.47 bits per heavy atom. The van der Waals surface area contributed by atoms with Gasteiger partial charge in [0.2, 0.25) is 0 Å². The lowest BCUT2D eigenvalue weighted by molar-refractivity contribution is 0.315. The second-order valence-corrected chi connectivity index (χ2v) is 10.0. The number of likely N-dealkylation sites (tertiary alicyclic amines) is 1. The second-order valence-electron chi connectivity index (χ2n) is 8.32. The Bertz CT molecular complexity index is 951. The Labute approximate surface area is 180 Å². The van der Waals surface area contributed by atoms with Gasteiger partial charge in [0.25, 0.3) is 0 Å². The third-order valence-electron chi connectivity index (χ3n) is 6.29. The topological polar surface area (TPSA) is 69.9 Å². The first-order valence-corrected chi connectivity index (χ1v) is 12.4. The fraction of sp³-hybridized carbons (Fsp3) is 0.478. The maximum Gasteiger partial charge on any atom is 0.331 e. The van der Waals surface area contributed by atoms with Gasteiger partial charge < -0.3 is 10.6 Å². The molecule has 2 unspecified atom stereocenters. The number of hydrogen-bond acceptors (Lipinski definition) is 4. The normalized spacial score (nSPS) is 21.7.